The second kappa shape index (κ2) is 6.44. The molecule has 1 aromatic rings. The Labute approximate surface area is 103 Å². The summed E-state index contributed by atoms with van der Waals surface area (Å²) < 4.78 is 17.5. The van der Waals surface area contributed by atoms with Gasteiger partial charge in [0.05, 0.1) is 26.2 Å². The maximum absolute atomic E-state index is 13.1. The third kappa shape index (κ3) is 3.49. The first-order valence-electron chi connectivity index (χ1n) is 5.31. The maximum Gasteiger partial charge on any atom is 0.308 e. The Bertz CT molecular complexity index is 421. The lowest BCUT2D eigenvalue weighted by molar-refractivity contribution is -0.144. The van der Waals surface area contributed by atoms with Crippen molar-refractivity contribution in [2.45, 2.75) is 25.2 Å². The van der Waals surface area contributed by atoms with Gasteiger partial charge in [0.15, 0.2) is 0 Å². The van der Waals surface area contributed by atoms with Crippen LogP contribution in [0.2, 0.25) is 0 Å². The first-order chi connectivity index (χ1) is 8.49. The van der Waals surface area contributed by atoms with Crippen molar-refractivity contribution < 1.29 is 29.2 Å². The van der Waals surface area contributed by atoms with Gasteiger partial charge in [-0.1, -0.05) is 6.07 Å². The molecule has 3 N–H and O–H groups in total. The Morgan fingerprint density at radius 3 is 2.67 bits per heavy atom. The van der Waals surface area contributed by atoms with Crippen LogP contribution in [0.25, 0.3) is 0 Å². The van der Waals surface area contributed by atoms with Gasteiger partial charge in [0.2, 0.25) is 0 Å². The molecular weight excluding hydrogens is 243 g/mol. The monoisotopic (exact) mass is 258 g/mol. The zero-order valence-corrected chi connectivity index (χ0v) is 9.84. The molecule has 100 valence electrons. The largest absolute Gasteiger partial charge is 0.469 e. The number of hydrogen-bond donors (Lipinski definition) is 3. The number of carbonyl (C=O) groups excluding carboxylic acids is 1. The highest BCUT2D eigenvalue weighted by Gasteiger charge is 2.22. The van der Waals surface area contributed by atoms with Crippen LogP contribution < -0.4 is 0 Å². The fourth-order valence-corrected chi connectivity index (χ4v) is 1.49. The molecule has 0 saturated heterocycles. The first-order valence-corrected chi connectivity index (χ1v) is 5.31. The van der Waals surface area contributed by atoms with Crippen LogP contribution in [0.1, 0.15) is 23.7 Å². The van der Waals surface area contributed by atoms with E-state index in [1.54, 1.807) is 0 Å². The predicted octanol–water partition coefficient (Wildman–Crippen LogP) is 0.275. The number of esters is 1. The highest BCUT2D eigenvalue weighted by molar-refractivity contribution is 5.69. The molecule has 0 aliphatic heterocycles. The summed E-state index contributed by atoms with van der Waals surface area (Å²) in [5.41, 5.74) is 0.230. The van der Waals surface area contributed by atoms with Crippen LogP contribution in [0, 0.1) is 5.82 Å². The van der Waals surface area contributed by atoms with E-state index in [1.807, 2.05) is 0 Å². The highest BCUT2D eigenvalue weighted by Crippen LogP contribution is 2.22. The van der Waals surface area contributed by atoms with Crippen LogP contribution >= 0.6 is 0 Å². The molecule has 0 saturated carbocycles. The fraction of sp³-hybridized carbons (Fsp3) is 0.417. The molecule has 0 fully saturated rings. The lowest BCUT2D eigenvalue weighted by Crippen LogP contribution is -2.22. The summed E-state index contributed by atoms with van der Waals surface area (Å²) in [5.74, 6) is -1.26. The summed E-state index contributed by atoms with van der Waals surface area (Å²) in [7, 11) is 1.17. The Balaban J connectivity index is 2.83. The molecule has 0 aromatic heterocycles. The summed E-state index contributed by atoms with van der Waals surface area (Å²) in [6.07, 6.45) is -3.08. The molecule has 0 bridgehead atoms. The van der Waals surface area contributed by atoms with Crippen LogP contribution in [-0.2, 0) is 16.1 Å². The van der Waals surface area contributed by atoms with E-state index in [4.69, 9.17) is 5.11 Å². The van der Waals surface area contributed by atoms with E-state index in [-0.39, 0.29) is 17.5 Å². The van der Waals surface area contributed by atoms with E-state index in [0.29, 0.717) is 0 Å². The van der Waals surface area contributed by atoms with Gasteiger partial charge in [-0.05, 0) is 17.7 Å². The molecule has 6 heteroatoms. The van der Waals surface area contributed by atoms with E-state index in [1.165, 1.54) is 19.2 Å². The average Bonchev–Trinajstić information content (AvgIpc) is 2.38. The third-order valence-corrected chi connectivity index (χ3v) is 2.55. The molecular formula is C12H15FO5. The SMILES string of the molecule is COC(=O)CC(O)C(O)c1ccc(F)c(CO)c1. The van der Waals surface area contributed by atoms with Gasteiger partial charge in [-0.15, -0.1) is 0 Å². The van der Waals surface area contributed by atoms with Crippen molar-refractivity contribution >= 4 is 5.97 Å². The summed E-state index contributed by atoms with van der Waals surface area (Å²) in [5, 5.41) is 28.3. The maximum atomic E-state index is 13.1. The molecule has 0 radical (unpaired) electrons. The van der Waals surface area contributed by atoms with Gasteiger partial charge in [-0.25, -0.2) is 4.39 Å². The number of carbonyl (C=O) groups is 1. The number of aliphatic hydroxyl groups is 3. The van der Waals surface area contributed by atoms with Gasteiger partial charge < -0.3 is 20.1 Å². The van der Waals surface area contributed by atoms with Crippen molar-refractivity contribution in [2.24, 2.45) is 0 Å². The Hall–Kier alpha value is -1.50. The van der Waals surface area contributed by atoms with Crippen LogP contribution in [0.15, 0.2) is 18.2 Å². The van der Waals surface area contributed by atoms with Crippen LogP contribution in [0.5, 0.6) is 0 Å². The van der Waals surface area contributed by atoms with Crippen molar-refractivity contribution in [3.05, 3.63) is 35.1 Å². The third-order valence-electron chi connectivity index (χ3n) is 2.55. The molecule has 1 aromatic carbocycles. The highest BCUT2D eigenvalue weighted by atomic mass is 19.1. The van der Waals surface area contributed by atoms with Gasteiger partial charge in [-0.2, -0.15) is 0 Å². The quantitative estimate of drug-likeness (QED) is 0.660. The molecule has 0 spiro atoms. The van der Waals surface area contributed by atoms with E-state index in [2.05, 4.69) is 4.74 Å². The Kier molecular flexibility index (Phi) is 5.21. The smallest absolute Gasteiger partial charge is 0.308 e. The molecule has 0 heterocycles. The van der Waals surface area contributed by atoms with Crippen molar-refractivity contribution in [3.8, 4) is 0 Å². The van der Waals surface area contributed by atoms with E-state index in [0.717, 1.165) is 6.07 Å². The second-order valence-electron chi connectivity index (χ2n) is 3.80. The molecule has 0 aliphatic rings. The number of ether oxygens (including phenoxy) is 1. The van der Waals surface area contributed by atoms with Gasteiger partial charge in [0.1, 0.15) is 11.9 Å². The van der Waals surface area contributed by atoms with Crippen LogP contribution in [0.3, 0.4) is 0 Å². The summed E-state index contributed by atoms with van der Waals surface area (Å²) in [4.78, 5) is 10.9. The van der Waals surface area contributed by atoms with Crippen molar-refractivity contribution in [3.63, 3.8) is 0 Å². The first kappa shape index (κ1) is 14.6. The van der Waals surface area contributed by atoms with Crippen molar-refractivity contribution in [1.29, 1.82) is 0 Å². The van der Waals surface area contributed by atoms with Crippen molar-refractivity contribution in [1.82, 2.24) is 0 Å². The number of aliphatic hydroxyl groups excluding tert-OH is 3. The molecule has 0 aliphatic carbocycles. The summed E-state index contributed by atoms with van der Waals surface area (Å²) in [6.45, 7) is -0.514. The number of rotatable bonds is 5. The fourth-order valence-electron chi connectivity index (χ4n) is 1.49. The molecule has 1 rings (SSSR count). The Morgan fingerprint density at radius 1 is 1.44 bits per heavy atom. The molecule has 0 amide bonds. The van der Waals surface area contributed by atoms with E-state index in [9.17, 15) is 19.4 Å². The Morgan fingerprint density at radius 2 is 2.11 bits per heavy atom. The van der Waals surface area contributed by atoms with Gasteiger partial charge in [-0.3, -0.25) is 4.79 Å². The van der Waals surface area contributed by atoms with Crippen LogP contribution in [0.4, 0.5) is 4.39 Å². The lowest BCUT2D eigenvalue weighted by atomic mass is 10.00. The predicted molar refractivity (Wildman–Crippen MR) is 59.9 cm³/mol. The van der Waals surface area contributed by atoms with Gasteiger partial charge >= 0.3 is 5.97 Å². The zero-order valence-electron chi connectivity index (χ0n) is 9.84. The minimum absolute atomic E-state index is 0.0109. The number of methoxy groups -OCH3 is 1. The van der Waals surface area contributed by atoms with Gasteiger partial charge in [0.25, 0.3) is 0 Å². The minimum Gasteiger partial charge on any atom is -0.469 e. The van der Waals surface area contributed by atoms with E-state index >= 15 is 0 Å². The number of halogens is 1. The minimum atomic E-state index is -1.35. The van der Waals surface area contributed by atoms with E-state index < -0.39 is 30.6 Å². The molecule has 2 atom stereocenters. The topological polar surface area (TPSA) is 87.0 Å². The van der Waals surface area contributed by atoms with Gasteiger partial charge in [0, 0.05) is 5.56 Å². The number of benzene rings is 1. The average molecular weight is 258 g/mol. The van der Waals surface area contributed by atoms with Crippen molar-refractivity contribution in [2.75, 3.05) is 7.11 Å². The second-order valence-corrected chi connectivity index (χ2v) is 3.80. The molecule has 2 unspecified atom stereocenters. The number of hydrogen-bond acceptors (Lipinski definition) is 5. The summed E-state index contributed by atoms with van der Waals surface area (Å²) in [6, 6.07) is 3.59. The standard InChI is InChI=1S/C12H15FO5/c1-18-11(16)5-10(15)12(17)7-2-3-9(13)8(4-7)6-14/h2-4,10,12,14-15,17H,5-6H2,1H3. The summed E-state index contributed by atoms with van der Waals surface area (Å²) >= 11 is 0. The lowest BCUT2D eigenvalue weighted by Gasteiger charge is -2.17. The molecule has 5 nitrogen and oxygen atoms in total. The normalized spacial score (nSPS) is 14.1. The zero-order chi connectivity index (χ0) is 13.7. The van der Waals surface area contributed by atoms with Crippen LogP contribution in [-0.4, -0.2) is 34.5 Å². The molecule has 18 heavy (non-hydrogen) atoms.